The molecule has 0 aliphatic rings. The molecule has 4 rings (SSSR count). The summed E-state index contributed by atoms with van der Waals surface area (Å²) < 4.78 is 7.36. The minimum absolute atomic E-state index is 0.0751. The Balaban J connectivity index is 1.43. The molecule has 0 saturated heterocycles. The molecule has 6 nitrogen and oxygen atoms in total. The summed E-state index contributed by atoms with van der Waals surface area (Å²) in [7, 11) is 0. The summed E-state index contributed by atoms with van der Waals surface area (Å²) in [6.07, 6.45) is -0.566. The molecule has 3 aromatic carbocycles. The average Bonchev–Trinajstić information content (AvgIpc) is 3.19. The standard InChI is InChI=1S/C25H21Cl2N3O3/c1-16(25(32)29-21-15-17(26)11-12-19(21)27)33-24(31)14-13-23-28-20-9-5-6-10-22(20)30(23)18-7-3-2-4-8-18/h2-12,15-16H,13-14H2,1H3,(H,29,32)/t16-/m0/s1. The first kappa shape index (κ1) is 22.8. The van der Waals surface area contributed by atoms with Gasteiger partial charge in [0.2, 0.25) is 0 Å². The van der Waals surface area contributed by atoms with Crippen LogP contribution in [0.5, 0.6) is 0 Å². The van der Waals surface area contributed by atoms with Crippen LogP contribution in [0.4, 0.5) is 5.69 Å². The van der Waals surface area contributed by atoms with Crippen molar-refractivity contribution in [2.75, 3.05) is 5.32 Å². The van der Waals surface area contributed by atoms with Crippen LogP contribution >= 0.6 is 23.2 Å². The molecule has 1 N–H and O–H groups in total. The van der Waals surface area contributed by atoms with Crippen molar-refractivity contribution in [2.24, 2.45) is 0 Å². The van der Waals surface area contributed by atoms with E-state index in [-0.39, 0.29) is 6.42 Å². The van der Waals surface area contributed by atoms with Crippen LogP contribution in [-0.4, -0.2) is 27.5 Å². The lowest BCUT2D eigenvalue weighted by atomic mass is 10.2. The summed E-state index contributed by atoms with van der Waals surface area (Å²) in [6, 6.07) is 22.4. The van der Waals surface area contributed by atoms with Crippen LogP contribution in [0.2, 0.25) is 10.0 Å². The summed E-state index contributed by atoms with van der Waals surface area (Å²) in [4.78, 5) is 29.6. The zero-order chi connectivity index (χ0) is 23.4. The lowest BCUT2D eigenvalue weighted by Crippen LogP contribution is -2.30. The van der Waals surface area contributed by atoms with Crippen LogP contribution in [0.25, 0.3) is 16.7 Å². The predicted molar refractivity (Wildman–Crippen MR) is 130 cm³/mol. The molecule has 1 amide bonds. The van der Waals surface area contributed by atoms with Gasteiger partial charge in [-0.05, 0) is 49.4 Å². The number of hydrogen-bond acceptors (Lipinski definition) is 4. The van der Waals surface area contributed by atoms with E-state index < -0.39 is 18.0 Å². The van der Waals surface area contributed by atoms with E-state index in [0.717, 1.165) is 22.5 Å². The Morgan fingerprint density at radius 2 is 1.76 bits per heavy atom. The van der Waals surface area contributed by atoms with Gasteiger partial charge in [-0.3, -0.25) is 14.2 Å². The number of hydrogen-bond donors (Lipinski definition) is 1. The number of aromatic nitrogens is 2. The monoisotopic (exact) mass is 481 g/mol. The second kappa shape index (κ2) is 10.1. The van der Waals surface area contributed by atoms with E-state index in [1.165, 1.54) is 13.0 Å². The molecule has 0 saturated carbocycles. The van der Waals surface area contributed by atoms with Crippen molar-refractivity contribution in [3.8, 4) is 5.69 Å². The number of benzene rings is 3. The van der Waals surface area contributed by atoms with Crippen molar-refractivity contribution in [3.63, 3.8) is 0 Å². The summed E-state index contributed by atoms with van der Waals surface area (Å²) in [5.41, 5.74) is 3.11. The number of rotatable bonds is 7. The number of nitrogens with one attached hydrogen (secondary N) is 1. The molecule has 0 bridgehead atoms. The Bertz CT molecular complexity index is 1310. The quantitative estimate of drug-likeness (QED) is 0.336. The van der Waals surface area contributed by atoms with Gasteiger partial charge in [0.25, 0.3) is 5.91 Å². The van der Waals surface area contributed by atoms with Crippen molar-refractivity contribution in [1.82, 2.24) is 9.55 Å². The van der Waals surface area contributed by atoms with E-state index >= 15 is 0 Å². The molecule has 0 fully saturated rings. The molecule has 0 aliphatic carbocycles. The van der Waals surface area contributed by atoms with E-state index in [1.807, 2.05) is 59.2 Å². The number of imidazole rings is 1. The van der Waals surface area contributed by atoms with Gasteiger partial charge in [-0.1, -0.05) is 53.5 Å². The highest BCUT2D eigenvalue weighted by Crippen LogP contribution is 2.26. The van der Waals surface area contributed by atoms with Crippen molar-refractivity contribution < 1.29 is 14.3 Å². The van der Waals surface area contributed by atoms with Gasteiger partial charge in [-0.2, -0.15) is 0 Å². The van der Waals surface area contributed by atoms with Crippen LogP contribution in [-0.2, 0) is 20.7 Å². The number of carbonyl (C=O) groups is 2. The van der Waals surface area contributed by atoms with E-state index in [2.05, 4.69) is 5.32 Å². The van der Waals surface area contributed by atoms with Crippen LogP contribution < -0.4 is 5.32 Å². The third-order valence-electron chi connectivity index (χ3n) is 5.06. The third kappa shape index (κ3) is 5.35. The molecule has 1 heterocycles. The number of anilines is 1. The Morgan fingerprint density at radius 3 is 2.55 bits per heavy atom. The molecular weight excluding hydrogens is 461 g/mol. The maximum Gasteiger partial charge on any atom is 0.307 e. The smallest absolute Gasteiger partial charge is 0.307 e. The highest BCUT2D eigenvalue weighted by molar-refractivity contribution is 6.35. The summed E-state index contributed by atoms with van der Waals surface area (Å²) in [5.74, 6) is -0.257. The number of para-hydroxylation sites is 3. The van der Waals surface area contributed by atoms with E-state index in [4.69, 9.17) is 32.9 Å². The number of aryl methyl sites for hydroxylation is 1. The van der Waals surface area contributed by atoms with Gasteiger partial charge in [0.1, 0.15) is 5.82 Å². The first-order valence-corrected chi connectivity index (χ1v) is 11.1. The van der Waals surface area contributed by atoms with Crippen molar-refractivity contribution in [3.05, 3.63) is 88.7 Å². The highest BCUT2D eigenvalue weighted by Gasteiger charge is 2.20. The van der Waals surface area contributed by atoms with Gasteiger partial charge in [0.05, 0.1) is 28.2 Å². The Labute approximate surface area is 201 Å². The minimum atomic E-state index is -1.000. The first-order chi connectivity index (χ1) is 15.9. The zero-order valence-corrected chi connectivity index (χ0v) is 19.3. The van der Waals surface area contributed by atoms with Gasteiger partial charge in [0.15, 0.2) is 6.10 Å². The summed E-state index contributed by atoms with van der Waals surface area (Å²) >= 11 is 12.0. The van der Waals surface area contributed by atoms with E-state index in [9.17, 15) is 9.59 Å². The van der Waals surface area contributed by atoms with Crippen LogP contribution in [0.1, 0.15) is 19.2 Å². The van der Waals surface area contributed by atoms with Gasteiger partial charge in [0, 0.05) is 17.1 Å². The molecule has 1 aromatic heterocycles. The molecule has 0 unspecified atom stereocenters. The molecule has 33 heavy (non-hydrogen) atoms. The first-order valence-electron chi connectivity index (χ1n) is 10.4. The maximum atomic E-state index is 12.5. The van der Waals surface area contributed by atoms with Crippen molar-refractivity contribution in [1.29, 1.82) is 0 Å². The van der Waals surface area contributed by atoms with Gasteiger partial charge in [-0.25, -0.2) is 4.98 Å². The lowest BCUT2D eigenvalue weighted by molar-refractivity contribution is -0.153. The minimum Gasteiger partial charge on any atom is -0.453 e. The van der Waals surface area contributed by atoms with Crippen LogP contribution in [0.15, 0.2) is 72.8 Å². The van der Waals surface area contributed by atoms with Crippen molar-refractivity contribution in [2.45, 2.75) is 25.9 Å². The second-order valence-corrected chi connectivity index (χ2v) is 8.28. The number of fused-ring (bicyclic) bond motifs is 1. The van der Waals surface area contributed by atoms with Gasteiger partial charge >= 0.3 is 5.97 Å². The highest BCUT2D eigenvalue weighted by atomic mass is 35.5. The SMILES string of the molecule is C[C@H](OC(=O)CCc1nc2ccccc2n1-c1ccccc1)C(=O)Nc1cc(Cl)ccc1Cl. The fraction of sp³-hybridized carbons (Fsp3) is 0.160. The zero-order valence-electron chi connectivity index (χ0n) is 17.8. The van der Waals surface area contributed by atoms with Crippen LogP contribution in [0, 0.1) is 0 Å². The number of ether oxygens (including phenoxy) is 1. The predicted octanol–water partition coefficient (Wildman–Crippen LogP) is 5.84. The topological polar surface area (TPSA) is 73.2 Å². The molecule has 168 valence electrons. The summed E-state index contributed by atoms with van der Waals surface area (Å²) in [5, 5.41) is 3.40. The molecule has 0 spiro atoms. The van der Waals surface area contributed by atoms with E-state index in [0.29, 0.717) is 22.2 Å². The fourth-order valence-electron chi connectivity index (χ4n) is 3.46. The lowest BCUT2D eigenvalue weighted by Gasteiger charge is -2.14. The average molecular weight is 482 g/mol. The third-order valence-corrected chi connectivity index (χ3v) is 5.63. The fourth-order valence-corrected chi connectivity index (χ4v) is 3.80. The Hall–Kier alpha value is -3.35. The number of carbonyl (C=O) groups excluding carboxylic acids is 2. The number of halogens is 2. The largest absolute Gasteiger partial charge is 0.453 e. The normalized spacial score (nSPS) is 11.8. The molecule has 0 radical (unpaired) electrons. The van der Waals surface area contributed by atoms with Gasteiger partial charge in [-0.15, -0.1) is 0 Å². The van der Waals surface area contributed by atoms with Crippen molar-refractivity contribution >= 4 is 51.8 Å². The number of nitrogens with zero attached hydrogens (tertiary/aromatic N) is 2. The molecule has 4 aromatic rings. The molecule has 1 atom stereocenters. The number of esters is 1. The second-order valence-electron chi connectivity index (χ2n) is 7.43. The van der Waals surface area contributed by atoms with Crippen LogP contribution in [0.3, 0.4) is 0 Å². The maximum absolute atomic E-state index is 12.5. The van der Waals surface area contributed by atoms with E-state index in [1.54, 1.807) is 12.1 Å². The molecule has 8 heteroatoms. The number of amides is 1. The van der Waals surface area contributed by atoms with Gasteiger partial charge < -0.3 is 10.1 Å². The molecular formula is C25H21Cl2N3O3. The Kier molecular flexibility index (Phi) is 6.96. The Morgan fingerprint density at radius 1 is 1.03 bits per heavy atom. The molecule has 0 aliphatic heterocycles. The summed E-state index contributed by atoms with van der Waals surface area (Å²) in [6.45, 7) is 1.50.